The largest absolute Gasteiger partial charge is 0.348 e. The molecule has 0 bridgehead atoms. The fourth-order valence-corrected chi connectivity index (χ4v) is 1.58. The lowest BCUT2D eigenvalue weighted by Crippen LogP contribution is -2.26. The minimum atomic E-state index is -0.967. The molecule has 0 saturated carbocycles. The van der Waals surface area contributed by atoms with Gasteiger partial charge < -0.3 is 9.88 Å². The van der Waals surface area contributed by atoms with Crippen LogP contribution in [0.25, 0.3) is 0 Å². The lowest BCUT2D eigenvalue weighted by molar-refractivity contribution is 0.0949. The Hall–Kier alpha value is -2.57. The zero-order chi connectivity index (χ0) is 14.7. The number of rotatable bonds is 3. The third-order valence-corrected chi connectivity index (χ3v) is 2.68. The van der Waals surface area contributed by atoms with Crippen molar-refractivity contribution >= 4 is 5.91 Å². The lowest BCUT2D eigenvalue weighted by atomic mass is 10.2. The number of halogens is 2. The normalized spacial score (nSPS) is 10.3. The van der Waals surface area contributed by atoms with Crippen LogP contribution in [0, 0.1) is 11.9 Å². The van der Waals surface area contributed by atoms with Gasteiger partial charge >= 0.3 is 0 Å². The van der Waals surface area contributed by atoms with E-state index in [1.807, 2.05) is 0 Å². The van der Waals surface area contributed by atoms with Crippen molar-refractivity contribution in [1.82, 2.24) is 14.9 Å². The van der Waals surface area contributed by atoms with E-state index in [2.05, 4.69) is 10.3 Å². The second-order valence-corrected chi connectivity index (χ2v) is 4.13. The lowest BCUT2D eigenvalue weighted by Gasteiger charge is -2.07. The number of nitrogens with one attached hydrogen (secondary N) is 1. The Bertz CT molecular complexity index is 713. The van der Waals surface area contributed by atoms with Gasteiger partial charge in [-0.2, -0.15) is 13.8 Å². The van der Waals surface area contributed by atoms with E-state index in [0.717, 1.165) is 6.07 Å². The Labute approximate surface area is 112 Å². The van der Waals surface area contributed by atoms with Gasteiger partial charge in [0.25, 0.3) is 5.91 Å². The van der Waals surface area contributed by atoms with Gasteiger partial charge in [-0.3, -0.25) is 9.59 Å². The van der Waals surface area contributed by atoms with Crippen LogP contribution in [0.1, 0.15) is 15.9 Å². The van der Waals surface area contributed by atoms with E-state index in [4.69, 9.17) is 0 Å². The molecule has 0 unspecified atom stereocenters. The number of carbonyl (C=O) groups is 1. The van der Waals surface area contributed by atoms with Crippen LogP contribution in [0.2, 0.25) is 0 Å². The molecule has 0 aliphatic rings. The van der Waals surface area contributed by atoms with E-state index >= 15 is 0 Å². The summed E-state index contributed by atoms with van der Waals surface area (Å²) in [5.41, 5.74) is 0.0995. The van der Waals surface area contributed by atoms with Crippen LogP contribution in [-0.4, -0.2) is 15.5 Å². The Balaban J connectivity index is 2.08. The molecule has 5 nitrogen and oxygen atoms in total. The molecule has 2 aromatic rings. The maximum atomic E-state index is 13.3. The summed E-state index contributed by atoms with van der Waals surface area (Å²) in [7, 11) is 1.52. The van der Waals surface area contributed by atoms with E-state index in [1.165, 1.54) is 36.0 Å². The van der Waals surface area contributed by atoms with Gasteiger partial charge in [-0.05, 0) is 18.2 Å². The van der Waals surface area contributed by atoms with E-state index in [-0.39, 0.29) is 23.2 Å². The quantitative estimate of drug-likeness (QED) is 0.852. The fourth-order valence-electron chi connectivity index (χ4n) is 1.58. The first-order valence-corrected chi connectivity index (χ1v) is 5.73. The molecule has 2 aromatic heterocycles. The topological polar surface area (TPSA) is 64.0 Å². The molecule has 104 valence electrons. The van der Waals surface area contributed by atoms with Crippen LogP contribution in [0.3, 0.4) is 0 Å². The SMILES string of the molecule is Cn1cc(C(=O)NCc2ccc(F)nc2F)ccc1=O. The highest BCUT2D eigenvalue weighted by Crippen LogP contribution is 2.05. The third kappa shape index (κ3) is 3.05. The first-order valence-electron chi connectivity index (χ1n) is 5.73. The number of carbonyl (C=O) groups excluding carboxylic acids is 1. The van der Waals surface area contributed by atoms with Crippen LogP contribution in [0.5, 0.6) is 0 Å². The third-order valence-electron chi connectivity index (χ3n) is 2.68. The summed E-state index contributed by atoms with van der Waals surface area (Å²) in [6.45, 7) is -0.124. The van der Waals surface area contributed by atoms with Gasteiger partial charge in [0.15, 0.2) is 0 Å². The molecular weight excluding hydrogens is 268 g/mol. The molecule has 0 radical (unpaired) electrons. The zero-order valence-corrected chi connectivity index (χ0v) is 10.6. The van der Waals surface area contributed by atoms with Gasteiger partial charge in [0.05, 0.1) is 5.56 Å². The molecule has 2 heterocycles. The monoisotopic (exact) mass is 279 g/mol. The van der Waals surface area contributed by atoms with E-state index in [9.17, 15) is 18.4 Å². The van der Waals surface area contributed by atoms with Crippen LogP contribution in [0.15, 0.2) is 35.3 Å². The molecule has 0 aliphatic carbocycles. The molecule has 0 saturated heterocycles. The standard InChI is InChI=1S/C13H11F2N3O2/c1-18-7-9(3-5-11(18)19)13(20)16-6-8-2-4-10(14)17-12(8)15/h2-5,7H,6H2,1H3,(H,16,20). The first-order chi connectivity index (χ1) is 9.47. The van der Waals surface area contributed by atoms with E-state index in [1.54, 1.807) is 0 Å². The molecule has 0 atom stereocenters. The summed E-state index contributed by atoms with van der Waals surface area (Å²) in [6.07, 6.45) is 1.37. The summed E-state index contributed by atoms with van der Waals surface area (Å²) >= 11 is 0. The number of aromatic nitrogens is 2. The molecule has 20 heavy (non-hydrogen) atoms. The number of nitrogens with zero attached hydrogens (tertiary/aromatic N) is 2. The summed E-state index contributed by atoms with van der Waals surface area (Å²) in [5, 5.41) is 2.47. The van der Waals surface area contributed by atoms with Crippen molar-refractivity contribution < 1.29 is 13.6 Å². The second kappa shape index (κ2) is 5.60. The predicted octanol–water partition coefficient (Wildman–Crippen LogP) is 0.988. The number of amides is 1. The average Bonchev–Trinajstić information content (AvgIpc) is 2.40. The molecule has 0 aliphatic heterocycles. The minimum Gasteiger partial charge on any atom is -0.348 e. The van der Waals surface area contributed by atoms with Crippen LogP contribution in [0.4, 0.5) is 8.78 Å². The van der Waals surface area contributed by atoms with Crippen molar-refractivity contribution in [2.24, 2.45) is 7.05 Å². The van der Waals surface area contributed by atoms with E-state index in [0.29, 0.717) is 0 Å². The highest BCUT2D eigenvalue weighted by molar-refractivity contribution is 5.93. The Kier molecular flexibility index (Phi) is 3.88. The van der Waals surface area contributed by atoms with Crippen LogP contribution < -0.4 is 10.9 Å². The van der Waals surface area contributed by atoms with Crippen molar-refractivity contribution in [3.8, 4) is 0 Å². The Morgan fingerprint density at radius 3 is 2.70 bits per heavy atom. The molecule has 1 amide bonds. The first kappa shape index (κ1) is 13.9. The van der Waals surface area contributed by atoms with Crippen LogP contribution in [-0.2, 0) is 13.6 Å². The molecular formula is C13H11F2N3O2. The van der Waals surface area contributed by atoms with Gasteiger partial charge in [0.2, 0.25) is 17.5 Å². The summed E-state index contributed by atoms with van der Waals surface area (Å²) in [4.78, 5) is 26.0. The van der Waals surface area contributed by atoms with Crippen molar-refractivity contribution in [1.29, 1.82) is 0 Å². The van der Waals surface area contributed by atoms with Gasteiger partial charge in [0.1, 0.15) is 0 Å². The van der Waals surface area contributed by atoms with Crippen molar-refractivity contribution in [3.63, 3.8) is 0 Å². The molecule has 1 N–H and O–H groups in total. The average molecular weight is 279 g/mol. The van der Waals surface area contributed by atoms with Gasteiger partial charge in [-0.1, -0.05) is 0 Å². The number of hydrogen-bond acceptors (Lipinski definition) is 3. The van der Waals surface area contributed by atoms with Crippen molar-refractivity contribution in [2.75, 3.05) is 0 Å². The van der Waals surface area contributed by atoms with Crippen molar-refractivity contribution in [3.05, 3.63) is 63.8 Å². The van der Waals surface area contributed by atoms with Gasteiger partial charge in [-0.15, -0.1) is 0 Å². The predicted molar refractivity (Wildman–Crippen MR) is 67.0 cm³/mol. The fraction of sp³-hybridized carbons (Fsp3) is 0.154. The summed E-state index contributed by atoms with van der Waals surface area (Å²) in [6, 6.07) is 4.85. The smallest absolute Gasteiger partial charge is 0.253 e. The summed E-state index contributed by atoms with van der Waals surface area (Å²) < 4.78 is 27.2. The van der Waals surface area contributed by atoms with Crippen LogP contribution >= 0.6 is 0 Å². The van der Waals surface area contributed by atoms with Gasteiger partial charge in [-0.25, -0.2) is 0 Å². The maximum Gasteiger partial charge on any atom is 0.253 e. The highest BCUT2D eigenvalue weighted by Gasteiger charge is 2.09. The number of hydrogen-bond donors (Lipinski definition) is 1. The maximum absolute atomic E-state index is 13.3. The Morgan fingerprint density at radius 1 is 1.30 bits per heavy atom. The zero-order valence-electron chi connectivity index (χ0n) is 10.6. The molecule has 0 aromatic carbocycles. The molecule has 7 heteroatoms. The minimum absolute atomic E-state index is 0.0737. The Morgan fingerprint density at radius 2 is 2.05 bits per heavy atom. The number of aryl methyl sites for hydroxylation is 1. The second-order valence-electron chi connectivity index (χ2n) is 4.13. The van der Waals surface area contributed by atoms with Gasteiger partial charge in [0, 0.05) is 31.4 Å². The highest BCUT2D eigenvalue weighted by atomic mass is 19.1. The summed E-state index contributed by atoms with van der Waals surface area (Å²) in [5.74, 6) is -2.36. The van der Waals surface area contributed by atoms with Crippen molar-refractivity contribution in [2.45, 2.75) is 6.54 Å². The number of pyridine rings is 2. The van der Waals surface area contributed by atoms with E-state index < -0.39 is 17.8 Å². The molecule has 0 fully saturated rings. The molecule has 0 spiro atoms. The molecule has 2 rings (SSSR count).